The lowest BCUT2D eigenvalue weighted by Crippen LogP contribution is -2.21. The van der Waals surface area contributed by atoms with Crippen molar-refractivity contribution in [1.29, 1.82) is 0 Å². The molecule has 2 heterocycles. The van der Waals surface area contributed by atoms with Crippen molar-refractivity contribution in [3.63, 3.8) is 0 Å². The zero-order chi connectivity index (χ0) is 25.8. The summed E-state index contributed by atoms with van der Waals surface area (Å²) in [6, 6.07) is 17.1. The van der Waals surface area contributed by atoms with E-state index >= 15 is 0 Å². The third-order valence-corrected chi connectivity index (χ3v) is 6.79. The molecule has 0 amide bonds. The zero-order valence-corrected chi connectivity index (χ0v) is 20.4. The second-order valence-electron chi connectivity index (χ2n) is 9.17. The second-order valence-corrected chi connectivity index (χ2v) is 9.17. The summed E-state index contributed by atoms with van der Waals surface area (Å²) in [6.07, 6.45) is 6.66. The predicted molar refractivity (Wildman–Crippen MR) is 140 cm³/mol. The molecule has 0 aliphatic heterocycles. The Labute approximate surface area is 214 Å². The van der Waals surface area contributed by atoms with Gasteiger partial charge < -0.3 is 15.5 Å². The Bertz CT molecular complexity index is 1430. The number of benzene rings is 2. The Balaban J connectivity index is 1.12. The maximum Gasteiger partial charge on any atom is 0.354 e. The molecule has 0 unspecified atom stereocenters. The topological polar surface area (TPSA) is 117 Å². The molecule has 3 N–H and O–H groups in total. The van der Waals surface area contributed by atoms with E-state index in [1.54, 1.807) is 23.0 Å². The van der Waals surface area contributed by atoms with Crippen molar-refractivity contribution in [2.24, 2.45) is 0 Å². The Morgan fingerprint density at radius 1 is 0.892 bits per heavy atom. The van der Waals surface area contributed by atoms with E-state index in [4.69, 9.17) is 5.11 Å². The third-order valence-electron chi connectivity index (χ3n) is 6.79. The molecule has 0 radical (unpaired) electrons. The van der Waals surface area contributed by atoms with Crippen LogP contribution in [0.3, 0.4) is 0 Å². The average molecular weight is 497 g/mol. The lowest BCUT2D eigenvalue weighted by molar-refractivity contribution is 0.0676. The van der Waals surface area contributed by atoms with Gasteiger partial charge in [-0.05, 0) is 79.2 Å². The number of aryl methyl sites for hydroxylation is 2. The van der Waals surface area contributed by atoms with Gasteiger partial charge in [-0.2, -0.15) is 5.10 Å². The van der Waals surface area contributed by atoms with Crippen LogP contribution < -0.4 is 5.32 Å². The van der Waals surface area contributed by atoms with Gasteiger partial charge in [0.05, 0.1) is 11.3 Å². The Morgan fingerprint density at radius 3 is 2.32 bits per heavy atom. The number of rotatable bonds is 10. The van der Waals surface area contributed by atoms with Gasteiger partial charge in [-0.3, -0.25) is 9.67 Å². The van der Waals surface area contributed by atoms with Crippen LogP contribution in [0.1, 0.15) is 44.0 Å². The molecule has 8 nitrogen and oxygen atoms in total. The van der Waals surface area contributed by atoms with E-state index in [9.17, 15) is 14.7 Å². The van der Waals surface area contributed by atoms with Crippen LogP contribution in [-0.2, 0) is 25.8 Å². The average Bonchev–Trinajstić information content (AvgIpc) is 3.30. The summed E-state index contributed by atoms with van der Waals surface area (Å²) >= 11 is 0. The van der Waals surface area contributed by atoms with Gasteiger partial charge in [0, 0.05) is 30.1 Å². The lowest BCUT2D eigenvalue weighted by atomic mass is 9.90. The summed E-state index contributed by atoms with van der Waals surface area (Å²) in [7, 11) is 0. The number of hydrogen-bond acceptors (Lipinski definition) is 5. The second kappa shape index (κ2) is 10.8. The molecule has 1 aliphatic carbocycles. The number of nitrogens with one attached hydrogen (secondary N) is 1. The van der Waals surface area contributed by atoms with Gasteiger partial charge in [0.25, 0.3) is 0 Å². The molecule has 2 aromatic carbocycles. The first-order chi connectivity index (χ1) is 18.0. The number of aromatic carboxylic acids is 2. The fourth-order valence-electron chi connectivity index (χ4n) is 4.85. The number of pyridine rings is 1. The van der Waals surface area contributed by atoms with E-state index in [1.807, 2.05) is 36.5 Å². The number of carboxylic acid groups (broad SMARTS) is 2. The third kappa shape index (κ3) is 5.29. The molecule has 0 atom stereocenters. The zero-order valence-electron chi connectivity index (χ0n) is 20.4. The molecule has 0 saturated carbocycles. The molecule has 0 spiro atoms. The van der Waals surface area contributed by atoms with Crippen LogP contribution >= 0.6 is 0 Å². The molecule has 2 aromatic heterocycles. The smallest absolute Gasteiger partial charge is 0.354 e. The molecule has 188 valence electrons. The van der Waals surface area contributed by atoms with Crippen molar-refractivity contribution in [2.75, 3.05) is 13.1 Å². The SMILES string of the molecule is O=C(O)c1ccc(-c2ccc(CCNCCCn3nc4c(c3C(=O)O)CCc3cnccc3-4)cc2)cc1. The van der Waals surface area contributed by atoms with Crippen LogP contribution in [0.2, 0.25) is 0 Å². The van der Waals surface area contributed by atoms with Gasteiger partial charge in [-0.15, -0.1) is 0 Å². The minimum atomic E-state index is -0.930. The summed E-state index contributed by atoms with van der Waals surface area (Å²) in [5.41, 5.74) is 7.51. The van der Waals surface area contributed by atoms with Crippen molar-refractivity contribution in [3.8, 4) is 22.4 Å². The predicted octanol–water partition coefficient (Wildman–Crippen LogP) is 4.33. The van der Waals surface area contributed by atoms with Crippen LogP contribution in [0.5, 0.6) is 0 Å². The number of carboxylic acids is 2. The largest absolute Gasteiger partial charge is 0.478 e. The van der Waals surface area contributed by atoms with Crippen molar-refractivity contribution < 1.29 is 19.8 Å². The summed E-state index contributed by atoms with van der Waals surface area (Å²) in [4.78, 5) is 27.2. The number of hydrogen-bond donors (Lipinski definition) is 3. The van der Waals surface area contributed by atoms with Crippen LogP contribution in [0.4, 0.5) is 0 Å². The highest BCUT2D eigenvalue weighted by Gasteiger charge is 2.27. The van der Waals surface area contributed by atoms with Crippen LogP contribution in [0.25, 0.3) is 22.4 Å². The van der Waals surface area contributed by atoms with Gasteiger partial charge >= 0.3 is 11.9 Å². The molecule has 0 saturated heterocycles. The Kier molecular flexibility index (Phi) is 7.09. The normalized spacial score (nSPS) is 12.1. The highest BCUT2D eigenvalue weighted by molar-refractivity contribution is 5.91. The molecule has 37 heavy (non-hydrogen) atoms. The molecular weight excluding hydrogens is 468 g/mol. The maximum atomic E-state index is 12.0. The first-order valence-corrected chi connectivity index (χ1v) is 12.4. The highest BCUT2D eigenvalue weighted by Crippen LogP contribution is 2.34. The van der Waals surface area contributed by atoms with E-state index in [1.165, 1.54) is 5.56 Å². The van der Waals surface area contributed by atoms with Crippen LogP contribution in [-0.4, -0.2) is 50.0 Å². The van der Waals surface area contributed by atoms with E-state index in [0.717, 1.165) is 65.9 Å². The summed E-state index contributed by atoms with van der Waals surface area (Å²) in [6.45, 7) is 2.12. The van der Waals surface area contributed by atoms with E-state index < -0.39 is 11.9 Å². The number of carbonyl (C=O) groups is 2. The quantitative estimate of drug-likeness (QED) is 0.280. The van der Waals surface area contributed by atoms with E-state index in [0.29, 0.717) is 18.7 Å². The number of nitrogens with zero attached hydrogens (tertiary/aromatic N) is 3. The number of aromatic nitrogens is 3. The van der Waals surface area contributed by atoms with Gasteiger partial charge in [0.15, 0.2) is 0 Å². The van der Waals surface area contributed by atoms with Crippen LogP contribution in [0.15, 0.2) is 67.0 Å². The highest BCUT2D eigenvalue weighted by atomic mass is 16.4. The van der Waals surface area contributed by atoms with Crippen molar-refractivity contribution in [2.45, 2.75) is 32.2 Å². The summed E-state index contributed by atoms with van der Waals surface area (Å²) in [5.74, 6) is -1.86. The Hall–Kier alpha value is -4.30. The van der Waals surface area contributed by atoms with Gasteiger partial charge in [-0.25, -0.2) is 9.59 Å². The molecular formula is C29H28N4O4. The standard InChI is InChI=1S/C29H28N4O4/c34-28(35)22-8-6-21(7-9-22)20-4-2-19(3-5-20)12-15-30-14-1-17-33-27(29(36)37)25-11-10-23-18-31-16-13-24(23)26(25)32-33/h2-9,13,16,18,30H,1,10-12,14-15,17H2,(H,34,35)(H,36,37). The molecule has 1 aliphatic rings. The molecule has 0 bridgehead atoms. The first kappa shape index (κ1) is 24.4. The van der Waals surface area contributed by atoms with E-state index in [-0.39, 0.29) is 5.56 Å². The van der Waals surface area contributed by atoms with Gasteiger partial charge in [-0.1, -0.05) is 36.4 Å². The monoisotopic (exact) mass is 496 g/mol. The number of fused-ring (bicyclic) bond motifs is 3. The van der Waals surface area contributed by atoms with Crippen molar-refractivity contribution in [3.05, 3.63) is 94.9 Å². The fourth-order valence-corrected chi connectivity index (χ4v) is 4.85. The fraction of sp³-hybridized carbons (Fsp3) is 0.241. The minimum absolute atomic E-state index is 0.278. The lowest BCUT2D eigenvalue weighted by Gasteiger charge is -2.14. The van der Waals surface area contributed by atoms with Crippen LogP contribution in [0, 0.1) is 0 Å². The van der Waals surface area contributed by atoms with Crippen molar-refractivity contribution in [1.82, 2.24) is 20.1 Å². The molecule has 5 rings (SSSR count). The van der Waals surface area contributed by atoms with E-state index in [2.05, 4.69) is 27.5 Å². The Morgan fingerprint density at radius 2 is 1.62 bits per heavy atom. The summed E-state index contributed by atoms with van der Waals surface area (Å²) in [5, 5.41) is 27.0. The molecule has 8 heteroatoms. The van der Waals surface area contributed by atoms with Gasteiger partial charge in [0.2, 0.25) is 0 Å². The maximum absolute atomic E-state index is 12.0. The van der Waals surface area contributed by atoms with Crippen molar-refractivity contribution >= 4 is 11.9 Å². The van der Waals surface area contributed by atoms with Gasteiger partial charge in [0.1, 0.15) is 5.69 Å². The first-order valence-electron chi connectivity index (χ1n) is 12.4. The molecule has 4 aromatic rings. The summed E-state index contributed by atoms with van der Waals surface area (Å²) < 4.78 is 1.64. The molecule has 0 fully saturated rings. The minimum Gasteiger partial charge on any atom is -0.478 e.